The lowest BCUT2D eigenvalue weighted by atomic mass is 9.79. The van der Waals surface area contributed by atoms with Gasteiger partial charge >= 0.3 is 0 Å². The van der Waals surface area contributed by atoms with E-state index >= 15 is 0 Å². The molecular weight excluding hydrogens is 468 g/mol. The maximum Gasteiger partial charge on any atom is 0.248 e. The highest BCUT2D eigenvalue weighted by atomic mass is 16.5. The number of anilines is 2. The van der Waals surface area contributed by atoms with Gasteiger partial charge < -0.3 is 19.4 Å². The van der Waals surface area contributed by atoms with Gasteiger partial charge in [-0.15, -0.1) is 0 Å². The van der Waals surface area contributed by atoms with Crippen LogP contribution in [0.1, 0.15) is 24.5 Å². The van der Waals surface area contributed by atoms with Gasteiger partial charge in [-0.2, -0.15) is 15.3 Å². The van der Waals surface area contributed by atoms with Crippen LogP contribution in [0.15, 0.2) is 30.5 Å². The molecule has 6 rings (SSSR count). The van der Waals surface area contributed by atoms with E-state index in [0.717, 1.165) is 41.5 Å². The average Bonchev–Trinajstić information content (AvgIpc) is 3.55. The van der Waals surface area contributed by atoms with Crippen molar-refractivity contribution in [1.82, 2.24) is 25.1 Å². The van der Waals surface area contributed by atoms with Crippen LogP contribution in [0, 0.1) is 23.7 Å². The molecule has 1 aromatic carbocycles. The summed E-state index contributed by atoms with van der Waals surface area (Å²) in [4.78, 5) is 28.6. The van der Waals surface area contributed by atoms with Crippen LogP contribution < -0.4 is 9.80 Å². The number of H-pyrrole nitrogens is 1. The third-order valence-corrected chi connectivity index (χ3v) is 7.80. The number of morpholine rings is 1. The number of carbonyl (C=O) groups excluding carboxylic acids is 1. The second-order valence-corrected chi connectivity index (χ2v) is 10.5. The van der Waals surface area contributed by atoms with Crippen molar-refractivity contribution in [2.45, 2.75) is 20.3 Å². The molecule has 10 nitrogen and oxygen atoms in total. The summed E-state index contributed by atoms with van der Waals surface area (Å²) in [6.45, 7) is 13.1. The summed E-state index contributed by atoms with van der Waals surface area (Å²) < 4.78 is 5.56. The van der Waals surface area contributed by atoms with Gasteiger partial charge in [0.15, 0.2) is 5.82 Å². The minimum absolute atomic E-state index is 0.0164. The molecule has 190 valence electrons. The van der Waals surface area contributed by atoms with E-state index in [1.165, 1.54) is 0 Å². The molecule has 1 N–H and O–H groups in total. The van der Waals surface area contributed by atoms with Crippen LogP contribution in [0.5, 0.6) is 0 Å². The zero-order valence-corrected chi connectivity index (χ0v) is 21.3. The van der Waals surface area contributed by atoms with E-state index in [0.29, 0.717) is 68.0 Å². The molecule has 3 aliphatic heterocycles. The van der Waals surface area contributed by atoms with Crippen LogP contribution in [0.3, 0.4) is 0 Å². The fraction of sp³-hybridized carbons (Fsp3) is 0.444. The Kier molecular flexibility index (Phi) is 5.60. The molecule has 3 fully saturated rings. The zero-order valence-electron chi connectivity index (χ0n) is 21.3. The fourth-order valence-corrected chi connectivity index (χ4v) is 5.85. The number of nitriles is 1. The van der Waals surface area contributed by atoms with E-state index in [-0.39, 0.29) is 11.3 Å². The Bertz CT molecular complexity index is 1440. The van der Waals surface area contributed by atoms with Gasteiger partial charge in [0.2, 0.25) is 11.9 Å². The first kappa shape index (κ1) is 23.4. The number of nitrogens with one attached hydrogen (secondary N) is 1. The van der Waals surface area contributed by atoms with Crippen molar-refractivity contribution in [3.8, 4) is 17.3 Å². The first-order valence-corrected chi connectivity index (χ1v) is 12.7. The molecule has 10 heteroatoms. The number of benzene rings is 1. The number of aromatic nitrogens is 4. The van der Waals surface area contributed by atoms with E-state index in [2.05, 4.69) is 32.6 Å². The first-order valence-electron chi connectivity index (χ1n) is 12.7. The molecule has 1 amide bonds. The van der Waals surface area contributed by atoms with Crippen LogP contribution >= 0.6 is 0 Å². The maximum atomic E-state index is 12.4. The summed E-state index contributed by atoms with van der Waals surface area (Å²) >= 11 is 0. The quantitative estimate of drug-likeness (QED) is 0.546. The van der Waals surface area contributed by atoms with Crippen molar-refractivity contribution < 1.29 is 9.53 Å². The van der Waals surface area contributed by atoms with E-state index in [9.17, 15) is 10.1 Å². The standard InChI is InChI=1S/C27H30N8O2/c1-17(2)25(36)35-15-27(16-35)6-7-34(14-27)24-19(12-28)23(30-26(31-24)33-8-10-37-11-9-33)22-18(3)4-5-21-20(22)13-29-32-21/h4-5,13H,1,6-11,14-16H2,2-3H3,(H,29,32). The van der Waals surface area contributed by atoms with Gasteiger partial charge in [-0.25, -0.2) is 4.98 Å². The molecular formula is C27H30N8O2. The van der Waals surface area contributed by atoms with Crippen LogP contribution in [0.4, 0.5) is 11.8 Å². The Balaban J connectivity index is 1.43. The predicted molar refractivity (Wildman–Crippen MR) is 140 cm³/mol. The summed E-state index contributed by atoms with van der Waals surface area (Å²) in [5, 5.41) is 18.6. The highest BCUT2D eigenvalue weighted by Crippen LogP contribution is 2.44. The number of hydrogen-bond donors (Lipinski definition) is 1. The third kappa shape index (κ3) is 3.90. The Labute approximate surface area is 215 Å². The van der Waals surface area contributed by atoms with Gasteiger partial charge in [0.05, 0.1) is 30.6 Å². The molecule has 0 atom stereocenters. The second-order valence-electron chi connectivity index (χ2n) is 10.5. The minimum Gasteiger partial charge on any atom is -0.378 e. The Morgan fingerprint density at radius 2 is 1.95 bits per heavy atom. The largest absolute Gasteiger partial charge is 0.378 e. The molecule has 3 aliphatic rings. The fourth-order valence-electron chi connectivity index (χ4n) is 5.85. The maximum absolute atomic E-state index is 12.4. The van der Waals surface area contributed by atoms with Gasteiger partial charge in [-0.1, -0.05) is 12.6 Å². The number of hydrogen-bond acceptors (Lipinski definition) is 8. The van der Waals surface area contributed by atoms with Gasteiger partial charge in [0.1, 0.15) is 11.6 Å². The van der Waals surface area contributed by atoms with Gasteiger partial charge in [-0.05, 0) is 31.9 Å². The van der Waals surface area contributed by atoms with Crippen molar-refractivity contribution >= 4 is 28.6 Å². The summed E-state index contributed by atoms with van der Waals surface area (Å²) in [5.41, 5.74) is 4.51. The van der Waals surface area contributed by atoms with E-state index in [1.807, 2.05) is 24.0 Å². The van der Waals surface area contributed by atoms with Gasteiger partial charge in [-0.3, -0.25) is 9.89 Å². The summed E-state index contributed by atoms with van der Waals surface area (Å²) in [6.07, 6.45) is 2.74. The van der Waals surface area contributed by atoms with Crippen LogP contribution in [0.25, 0.3) is 22.2 Å². The van der Waals surface area contributed by atoms with Crippen molar-refractivity contribution in [1.29, 1.82) is 5.26 Å². The number of nitrogens with zero attached hydrogens (tertiary/aromatic N) is 7. The highest BCUT2D eigenvalue weighted by molar-refractivity contribution is 5.97. The number of amides is 1. The van der Waals surface area contributed by atoms with Crippen LogP contribution in [-0.2, 0) is 9.53 Å². The van der Waals surface area contributed by atoms with Crippen LogP contribution in [-0.4, -0.2) is 83.5 Å². The average molecular weight is 499 g/mol. The number of carbonyl (C=O) groups is 1. The Morgan fingerprint density at radius 3 is 2.68 bits per heavy atom. The summed E-state index contributed by atoms with van der Waals surface area (Å²) in [7, 11) is 0. The van der Waals surface area contributed by atoms with Gasteiger partial charge in [0, 0.05) is 61.2 Å². The van der Waals surface area contributed by atoms with Crippen LogP contribution in [0.2, 0.25) is 0 Å². The number of ether oxygens (including phenoxy) is 1. The van der Waals surface area contributed by atoms with Crippen molar-refractivity contribution in [3.05, 3.63) is 41.6 Å². The van der Waals surface area contributed by atoms with Crippen molar-refractivity contribution in [3.63, 3.8) is 0 Å². The molecule has 1 spiro atoms. The molecule has 3 aromatic rings. The summed E-state index contributed by atoms with van der Waals surface area (Å²) in [6, 6.07) is 6.47. The van der Waals surface area contributed by atoms with Crippen molar-refractivity contribution in [2.24, 2.45) is 5.41 Å². The number of likely N-dealkylation sites (tertiary alicyclic amines) is 1. The van der Waals surface area contributed by atoms with E-state index in [4.69, 9.17) is 14.7 Å². The monoisotopic (exact) mass is 498 g/mol. The molecule has 37 heavy (non-hydrogen) atoms. The molecule has 0 unspecified atom stereocenters. The van der Waals surface area contributed by atoms with Crippen molar-refractivity contribution in [2.75, 3.05) is 62.3 Å². The molecule has 0 radical (unpaired) electrons. The topological polar surface area (TPSA) is 114 Å². The predicted octanol–water partition coefficient (Wildman–Crippen LogP) is 2.65. The lowest BCUT2D eigenvalue weighted by molar-refractivity contribution is -0.137. The molecule has 2 aromatic heterocycles. The molecule has 0 aliphatic carbocycles. The highest BCUT2D eigenvalue weighted by Gasteiger charge is 2.50. The molecule has 3 saturated heterocycles. The van der Waals surface area contributed by atoms with E-state index in [1.54, 1.807) is 13.1 Å². The summed E-state index contributed by atoms with van der Waals surface area (Å²) in [5.74, 6) is 1.29. The molecule has 0 saturated carbocycles. The SMILES string of the molecule is C=C(C)C(=O)N1CC2(CCN(c3nc(N4CCOCC4)nc(-c4c(C)ccc5[nH]ncc45)c3C#N)C2)C1. The van der Waals surface area contributed by atoms with Gasteiger partial charge in [0.25, 0.3) is 0 Å². The minimum atomic E-state index is 0.0164. The normalized spacial score (nSPS) is 18.8. The first-order chi connectivity index (χ1) is 17.9. The lowest BCUT2D eigenvalue weighted by Gasteiger charge is -2.48. The zero-order chi connectivity index (χ0) is 25.7. The Hall–Kier alpha value is -3.97. The number of aryl methyl sites for hydroxylation is 1. The number of fused-ring (bicyclic) bond motifs is 1. The lowest BCUT2D eigenvalue weighted by Crippen LogP contribution is -2.59. The molecule has 5 heterocycles. The second kappa shape index (κ2) is 8.85. The number of rotatable bonds is 4. The van der Waals surface area contributed by atoms with E-state index < -0.39 is 0 Å². The third-order valence-electron chi connectivity index (χ3n) is 7.80. The Morgan fingerprint density at radius 1 is 1.16 bits per heavy atom. The number of aromatic amines is 1. The smallest absolute Gasteiger partial charge is 0.248 e. The molecule has 0 bridgehead atoms.